The van der Waals surface area contributed by atoms with E-state index in [1.165, 1.54) is 30.3 Å². The number of carboxylic acids is 1. The highest BCUT2D eigenvalue weighted by molar-refractivity contribution is 8.01. The van der Waals surface area contributed by atoms with Crippen molar-refractivity contribution < 1.29 is 29.0 Å². The average molecular weight is 553 g/mol. The molecular formula is C18H20N10O5S3. The Hall–Kier alpha value is -3.77. The third-order valence-electron chi connectivity index (χ3n) is 5.07. The molecular weight excluding hydrogens is 532 g/mol. The molecule has 15 nitrogen and oxygen atoms in total. The summed E-state index contributed by atoms with van der Waals surface area (Å²) in [6, 6.07) is 0.390. The number of carboxylic acid groups (broad SMARTS) is 1. The smallest absolute Gasteiger partial charge is 0.322 e. The van der Waals surface area contributed by atoms with Crippen molar-refractivity contribution >= 4 is 75.1 Å². The predicted octanol–water partition coefficient (Wildman–Crippen LogP) is -3.17. The average Bonchev–Trinajstić information content (AvgIpc) is 3.26. The quantitative estimate of drug-likeness (QED) is 0.0413. The molecule has 0 aliphatic carbocycles. The molecule has 0 aromatic carbocycles. The largest absolute Gasteiger partial charge is 0.543 e. The molecule has 0 bridgehead atoms. The number of amides is 2. The Morgan fingerprint density at radius 2 is 2.14 bits per heavy atom. The Kier molecular flexibility index (Phi) is 7.09. The van der Waals surface area contributed by atoms with Crippen molar-refractivity contribution in [2.75, 3.05) is 41.7 Å². The number of hydrogen-bond donors (Lipinski definition) is 5. The maximum atomic E-state index is 12.9. The van der Waals surface area contributed by atoms with Crippen LogP contribution in [0.15, 0.2) is 33.0 Å². The first-order valence-corrected chi connectivity index (χ1v) is 12.9. The van der Waals surface area contributed by atoms with Crippen LogP contribution in [0.2, 0.25) is 0 Å². The van der Waals surface area contributed by atoms with Crippen molar-refractivity contribution in [3.8, 4) is 0 Å². The van der Waals surface area contributed by atoms with Gasteiger partial charge in [0.2, 0.25) is 11.6 Å². The van der Waals surface area contributed by atoms with Crippen molar-refractivity contribution in [2.24, 2.45) is 5.16 Å². The second-order valence-corrected chi connectivity index (χ2v) is 10.3. The number of rotatable bonds is 8. The lowest BCUT2D eigenvalue weighted by molar-refractivity contribution is -0.667. The van der Waals surface area contributed by atoms with Crippen molar-refractivity contribution in [2.45, 2.75) is 16.6 Å². The van der Waals surface area contributed by atoms with Crippen LogP contribution in [0.25, 0.3) is 0 Å². The fraction of sp³-hybridized carbons (Fsp3) is 0.278. The molecule has 0 saturated carbocycles. The second-order valence-electron chi connectivity index (χ2n) is 7.34. The highest BCUT2D eigenvalue weighted by Gasteiger charge is 2.53. The first-order chi connectivity index (χ1) is 17.1. The van der Waals surface area contributed by atoms with E-state index >= 15 is 0 Å². The molecule has 2 amide bonds. The standard InChI is InChI=1S/C18H20N10O5S3/c1-33-26-10(7-5-35-17(21)23-7)13(29)25-11-14(30)27-12(16(31)32)6(3-34-15(11)27)4-36-18-24-8(19)2-9(20)28(18)22/h2,5,11,15H,3-4,22H2,1H3,(H7,19,20,21,23,25,29,31,32)/b26-10-/t11?,15-/m1/s1. The second kappa shape index (κ2) is 10.1. The number of thioether (sulfide) groups is 2. The summed E-state index contributed by atoms with van der Waals surface area (Å²) in [5.41, 5.74) is 17.3. The van der Waals surface area contributed by atoms with Gasteiger partial charge in [0.15, 0.2) is 10.8 Å². The van der Waals surface area contributed by atoms with E-state index < -0.39 is 29.2 Å². The fourth-order valence-corrected chi connectivity index (χ4v) is 6.45. The third kappa shape index (κ3) is 4.69. The zero-order valence-corrected chi connectivity index (χ0v) is 21.0. The van der Waals surface area contributed by atoms with E-state index in [1.54, 1.807) is 0 Å². The molecule has 36 heavy (non-hydrogen) atoms. The first kappa shape index (κ1) is 25.3. The van der Waals surface area contributed by atoms with Gasteiger partial charge in [0.05, 0.1) is 17.7 Å². The number of aliphatic carboxylic acids is 1. The lowest BCUT2D eigenvalue weighted by Gasteiger charge is -2.50. The van der Waals surface area contributed by atoms with Crippen LogP contribution in [0.1, 0.15) is 5.69 Å². The Morgan fingerprint density at radius 1 is 1.39 bits per heavy atom. The van der Waals surface area contributed by atoms with E-state index in [1.807, 2.05) is 0 Å². The molecule has 1 unspecified atom stereocenters. The monoisotopic (exact) mass is 552 g/mol. The number of thiazole rings is 1. The van der Waals surface area contributed by atoms with E-state index in [2.05, 4.69) is 20.4 Å². The number of nitrogen functional groups attached to an aromatic ring is 4. The summed E-state index contributed by atoms with van der Waals surface area (Å²) in [5.74, 6) is 3.72. The Balaban J connectivity index is 1.51. The number of anilines is 3. The van der Waals surface area contributed by atoms with Crippen molar-refractivity contribution in [3.05, 3.63) is 28.4 Å². The molecule has 2 aromatic rings. The number of fused-ring (bicyclic) bond motifs is 1. The minimum Gasteiger partial charge on any atom is -0.543 e. The topological polar surface area (TPSA) is 245 Å². The van der Waals surface area contributed by atoms with Gasteiger partial charge in [0.1, 0.15) is 24.2 Å². The van der Waals surface area contributed by atoms with Crippen molar-refractivity contribution in [1.82, 2.24) is 20.2 Å². The third-order valence-corrected chi connectivity index (χ3v) is 8.12. The van der Waals surface area contributed by atoms with E-state index in [4.69, 9.17) is 27.9 Å². The van der Waals surface area contributed by atoms with Gasteiger partial charge in [-0.1, -0.05) is 10.1 Å². The number of nitrogens with two attached hydrogens (primary N) is 4. The summed E-state index contributed by atoms with van der Waals surface area (Å²) in [4.78, 5) is 51.7. The van der Waals surface area contributed by atoms with Gasteiger partial charge >= 0.3 is 5.16 Å². The number of aromatic nitrogens is 3. The fourth-order valence-electron chi connectivity index (χ4n) is 3.47. The van der Waals surface area contributed by atoms with E-state index in [0.717, 1.165) is 32.7 Å². The lowest BCUT2D eigenvalue weighted by Crippen LogP contribution is -2.71. The molecule has 1 fully saturated rings. The molecule has 2 atom stereocenters. The summed E-state index contributed by atoms with van der Waals surface area (Å²) < 4.78 is 1.12. The summed E-state index contributed by atoms with van der Waals surface area (Å²) in [6.45, 7) is 0. The number of carbonyl (C=O) groups excluding carboxylic acids is 3. The molecule has 9 N–H and O–H groups in total. The molecule has 4 rings (SSSR count). The maximum absolute atomic E-state index is 12.9. The van der Waals surface area contributed by atoms with Crippen LogP contribution >= 0.6 is 34.9 Å². The number of nitrogens with zero attached hydrogens (tertiary/aromatic N) is 5. The zero-order valence-electron chi connectivity index (χ0n) is 18.5. The first-order valence-electron chi connectivity index (χ1n) is 9.99. The highest BCUT2D eigenvalue weighted by atomic mass is 32.2. The molecule has 0 radical (unpaired) electrons. The number of hydrogen-bond acceptors (Lipinski definition) is 15. The molecule has 2 aliphatic rings. The molecule has 2 aliphatic heterocycles. The maximum Gasteiger partial charge on any atom is 0.322 e. The van der Waals surface area contributed by atoms with Gasteiger partial charge in [-0.15, -0.1) is 27.8 Å². The molecule has 2 aromatic heterocycles. The summed E-state index contributed by atoms with van der Waals surface area (Å²) in [6.07, 6.45) is 0. The van der Waals surface area contributed by atoms with Crippen molar-refractivity contribution in [1.29, 1.82) is 0 Å². The van der Waals surface area contributed by atoms with Crippen LogP contribution in [0.4, 0.5) is 16.8 Å². The van der Waals surface area contributed by atoms with Gasteiger partial charge in [-0.3, -0.25) is 20.3 Å². The predicted molar refractivity (Wildman–Crippen MR) is 131 cm³/mol. The Labute approximate surface area is 215 Å². The van der Waals surface area contributed by atoms with E-state index in [9.17, 15) is 19.5 Å². The summed E-state index contributed by atoms with van der Waals surface area (Å²) >= 11 is 3.49. The number of β-lactam (4-membered cyclic amide) rings is 1. The van der Waals surface area contributed by atoms with Gasteiger partial charge < -0.3 is 37.3 Å². The normalized spacial score (nSPS) is 19.5. The molecule has 0 spiro atoms. The molecule has 1 saturated heterocycles. The Bertz CT molecular complexity index is 1310. The van der Waals surface area contributed by atoms with Crippen molar-refractivity contribution in [3.63, 3.8) is 0 Å². The van der Waals surface area contributed by atoms with Gasteiger partial charge in [0, 0.05) is 16.9 Å². The minimum atomic E-state index is -1.52. The van der Waals surface area contributed by atoms with Crippen LogP contribution in [-0.4, -0.2) is 68.4 Å². The van der Waals surface area contributed by atoms with Gasteiger partial charge in [0.25, 0.3) is 11.8 Å². The van der Waals surface area contributed by atoms with E-state index in [0.29, 0.717) is 5.57 Å². The minimum absolute atomic E-state index is 0.132. The van der Waals surface area contributed by atoms with Crippen LogP contribution in [0.3, 0.4) is 0 Å². The number of carbonyl (C=O) groups is 3. The van der Waals surface area contributed by atoms with Crippen LogP contribution in [-0.2, 0) is 19.2 Å². The number of oxime groups is 1. The van der Waals surface area contributed by atoms with Gasteiger partial charge in [-0.05, 0) is 17.3 Å². The van der Waals surface area contributed by atoms with E-state index in [-0.39, 0.29) is 50.5 Å². The van der Waals surface area contributed by atoms with Crippen LogP contribution in [0.5, 0.6) is 0 Å². The van der Waals surface area contributed by atoms with Gasteiger partial charge in [-0.2, -0.15) is 0 Å². The highest BCUT2D eigenvalue weighted by Crippen LogP contribution is 2.41. The SMILES string of the molecule is CO/N=C(\C(=O)NC1C(=O)N2C(C(=O)[O-])=C(CSc3nc(N)cc(N)[n+]3N)CS[C@H]12)c1csc(N)n1. The van der Waals surface area contributed by atoms with Crippen LogP contribution < -0.4 is 38.1 Å². The summed E-state index contributed by atoms with van der Waals surface area (Å²) in [5, 5.41) is 19.6. The number of nitrogens with one attached hydrogen (secondary N) is 1. The molecule has 190 valence electrons. The summed E-state index contributed by atoms with van der Waals surface area (Å²) in [7, 11) is 1.26. The molecule has 4 heterocycles. The Morgan fingerprint density at radius 3 is 2.78 bits per heavy atom. The lowest BCUT2D eigenvalue weighted by atomic mass is 10.0. The van der Waals surface area contributed by atoms with Gasteiger partial charge in [-0.25, -0.2) is 4.98 Å². The zero-order chi connectivity index (χ0) is 26.1. The van der Waals surface area contributed by atoms with Crippen LogP contribution in [0, 0.1) is 0 Å². The molecule has 18 heteroatoms.